The van der Waals surface area contributed by atoms with E-state index in [1.807, 2.05) is 13.0 Å². The molecule has 3 rings (SSSR count). The van der Waals surface area contributed by atoms with Gasteiger partial charge in [-0.05, 0) is 83.0 Å². The van der Waals surface area contributed by atoms with Gasteiger partial charge >= 0.3 is 5.97 Å². The maximum absolute atomic E-state index is 12.4. The van der Waals surface area contributed by atoms with E-state index in [9.17, 15) is 9.59 Å². The summed E-state index contributed by atoms with van der Waals surface area (Å²) in [7, 11) is 0. The molecule has 1 amide bonds. The van der Waals surface area contributed by atoms with Crippen LogP contribution in [0, 0.1) is 0 Å². The summed E-state index contributed by atoms with van der Waals surface area (Å²) >= 11 is 9.18. The normalized spacial score (nSPS) is 10.7. The average molecular weight is 502 g/mol. The van der Waals surface area contributed by atoms with Crippen molar-refractivity contribution >= 4 is 45.6 Å². The molecule has 0 aromatic heterocycles. The van der Waals surface area contributed by atoms with Crippen LogP contribution in [0.4, 0.5) is 0 Å². The Hall–Kier alpha value is -3.16. The van der Waals surface area contributed by atoms with Gasteiger partial charge in [0.15, 0.2) is 11.5 Å². The summed E-state index contributed by atoms with van der Waals surface area (Å²) in [4.78, 5) is 24.6. The van der Waals surface area contributed by atoms with Gasteiger partial charge in [0.2, 0.25) is 0 Å². The Balaban J connectivity index is 1.71. The Bertz CT molecular complexity index is 1120. The highest BCUT2D eigenvalue weighted by Crippen LogP contribution is 2.29. The maximum atomic E-state index is 12.4. The standard InChI is InChI=1S/C23H18BrClN2O4/c1-2-30-21-13-15(14-26-27-22(28)18-5-3-4-6-19(18)24)7-12-20(21)31-23(29)16-8-10-17(25)11-9-16/h3-14H,2H2,1H3,(H,27,28)/b26-14+. The van der Waals surface area contributed by atoms with E-state index in [0.717, 1.165) is 0 Å². The molecule has 0 aliphatic rings. The molecule has 3 aromatic rings. The second-order valence-corrected chi connectivity index (χ2v) is 7.51. The number of hydrogen-bond acceptors (Lipinski definition) is 5. The van der Waals surface area contributed by atoms with Gasteiger partial charge < -0.3 is 9.47 Å². The van der Waals surface area contributed by atoms with E-state index in [-0.39, 0.29) is 11.7 Å². The fourth-order valence-electron chi connectivity index (χ4n) is 2.57. The summed E-state index contributed by atoms with van der Waals surface area (Å²) in [5.41, 5.74) is 3.97. The minimum Gasteiger partial charge on any atom is -0.490 e. The molecule has 0 aliphatic carbocycles. The van der Waals surface area contributed by atoms with Crippen molar-refractivity contribution in [1.29, 1.82) is 0 Å². The lowest BCUT2D eigenvalue weighted by Gasteiger charge is -2.11. The van der Waals surface area contributed by atoms with E-state index in [0.29, 0.717) is 38.5 Å². The van der Waals surface area contributed by atoms with Crippen LogP contribution in [-0.2, 0) is 0 Å². The molecule has 0 spiro atoms. The summed E-state index contributed by atoms with van der Waals surface area (Å²) in [6, 6.07) is 18.4. The second kappa shape index (κ2) is 10.7. The Morgan fingerprint density at radius 1 is 1.06 bits per heavy atom. The van der Waals surface area contributed by atoms with Crippen LogP contribution in [0.2, 0.25) is 5.02 Å². The van der Waals surface area contributed by atoms with Gasteiger partial charge in [-0.2, -0.15) is 5.10 Å². The first-order valence-corrected chi connectivity index (χ1v) is 10.5. The van der Waals surface area contributed by atoms with Gasteiger partial charge in [0.1, 0.15) is 0 Å². The predicted molar refractivity (Wildman–Crippen MR) is 123 cm³/mol. The summed E-state index contributed by atoms with van der Waals surface area (Å²) in [6.45, 7) is 2.20. The second-order valence-electron chi connectivity index (χ2n) is 6.21. The van der Waals surface area contributed by atoms with Crippen LogP contribution in [0.5, 0.6) is 11.5 Å². The van der Waals surface area contributed by atoms with Crippen LogP contribution >= 0.6 is 27.5 Å². The molecule has 0 heterocycles. The number of ether oxygens (including phenoxy) is 2. The zero-order valence-corrected chi connectivity index (χ0v) is 18.8. The number of hydrogen-bond donors (Lipinski definition) is 1. The summed E-state index contributed by atoms with van der Waals surface area (Å²) in [5, 5.41) is 4.52. The molecule has 0 unspecified atom stereocenters. The molecule has 0 aliphatic heterocycles. The van der Waals surface area contributed by atoms with Crippen molar-refractivity contribution in [3.8, 4) is 11.5 Å². The smallest absolute Gasteiger partial charge is 0.343 e. The summed E-state index contributed by atoms with van der Waals surface area (Å²) in [6.07, 6.45) is 1.47. The largest absolute Gasteiger partial charge is 0.490 e. The van der Waals surface area contributed by atoms with Crippen LogP contribution in [0.15, 0.2) is 76.3 Å². The number of nitrogens with one attached hydrogen (secondary N) is 1. The molecule has 0 saturated carbocycles. The van der Waals surface area contributed by atoms with E-state index in [4.69, 9.17) is 21.1 Å². The van der Waals surface area contributed by atoms with Crippen LogP contribution in [0.1, 0.15) is 33.2 Å². The van der Waals surface area contributed by atoms with Gasteiger partial charge in [0.25, 0.3) is 5.91 Å². The zero-order chi connectivity index (χ0) is 22.2. The molecule has 8 heteroatoms. The first-order chi connectivity index (χ1) is 15.0. The Labute approximate surface area is 193 Å². The Morgan fingerprint density at radius 3 is 2.52 bits per heavy atom. The van der Waals surface area contributed by atoms with Gasteiger partial charge in [0, 0.05) is 9.50 Å². The van der Waals surface area contributed by atoms with Crippen LogP contribution in [-0.4, -0.2) is 24.7 Å². The quantitative estimate of drug-likeness (QED) is 0.201. The van der Waals surface area contributed by atoms with Crippen molar-refractivity contribution in [2.75, 3.05) is 6.61 Å². The minimum absolute atomic E-state index is 0.274. The number of amides is 1. The van der Waals surface area contributed by atoms with E-state index in [1.165, 1.54) is 6.21 Å². The third kappa shape index (κ3) is 6.16. The highest BCUT2D eigenvalue weighted by molar-refractivity contribution is 9.10. The molecule has 1 N–H and O–H groups in total. The average Bonchev–Trinajstić information content (AvgIpc) is 2.76. The van der Waals surface area contributed by atoms with Crippen LogP contribution in [0.25, 0.3) is 0 Å². The van der Waals surface area contributed by atoms with Gasteiger partial charge in [-0.1, -0.05) is 23.7 Å². The number of benzene rings is 3. The van der Waals surface area contributed by atoms with Crippen molar-refractivity contribution in [2.45, 2.75) is 6.92 Å². The fraction of sp³-hybridized carbons (Fsp3) is 0.0870. The van der Waals surface area contributed by atoms with Gasteiger partial charge in [-0.15, -0.1) is 0 Å². The van der Waals surface area contributed by atoms with Gasteiger partial charge in [0.05, 0.1) is 23.9 Å². The highest BCUT2D eigenvalue weighted by Gasteiger charge is 2.13. The molecule has 158 valence electrons. The number of nitrogens with zero attached hydrogens (tertiary/aromatic N) is 1. The van der Waals surface area contributed by atoms with Gasteiger partial charge in [-0.25, -0.2) is 10.2 Å². The van der Waals surface area contributed by atoms with Crippen molar-refractivity contribution in [1.82, 2.24) is 5.43 Å². The number of esters is 1. The minimum atomic E-state index is -0.528. The molecule has 0 atom stereocenters. The van der Waals surface area contributed by atoms with Crippen molar-refractivity contribution in [2.24, 2.45) is 5.10 Å². The molecule has 3 aromatic carbocycles. The van der Waals surface area contributed by atoms with E-state index >= 15 is 0 Å². The molecular weight excluding hydrogens is 484 g/mol. The molecule has 0 bridgehead atoms. The first kappa shape index (κ1) is 22.5. The molecule has 0 fully saturated rings. The Kier molecular flexibility index (Phi) is 7.81. The van der Waals surface area contributed by atoms with E-state index in [1.54, 1.807) is 60.7 Å². The molecule has 0 saturated heterocycles. The SMILES string of the molecule is CCOc1cc(/C=N/NC(=O)c2ccccc2Br)ccc1OC(=O)c1ccc(Cl)cc1. The number of halogens is 2. The lowest BCUT2D eigenvalue weighted by Crippen LogP contribution is -2.18. The predicted octanol–water partition coefficient (Wildman–Crippen LogP) is 5.48. The summed E-state index contributed by atoms with van der Waals surface area (Å²) < 4.78 is 11.7. The zero-order valence-electron chi connectivity index (χ0n) is 16.5. The first-order valence-electron chi connectivity index (χ1n) is 9.30. The van der Waals surface area contributed by atoms with E-state index in [2.05, 4.69) is 26.5 Å². The lowest BCUT2D eigenvalue weighted by atomic mass is 10.2. The molecule has 31 heavy (non-hydrogen) atoms. The van der Waals surface area contributed by atoms with Gasteiger partial charge in [-0.3, -0.25) is 4.79 Å². The Morgan fingerprint density at radius 2 is 1.81 bits per heavy atom. The maximum Gasteiger partial charge on any atom is 0.343 e. The van der Waals surface area contributed by atoms with Crippen molar-refractivity contribution in [3.05, 3.63) is 92.9 Å². The fourth-order valence-corrected chi connectivity index (χ4v) is 3.16. The third-order valence-corrected chi connectivity index (χ3v) is 4.99. The number of carbonyl (C=O) groups is 2. The van der Waals surface area contributed by atoms with E-state index < -0.39 is 5.97 Å². The number of hydrazone groups is 1. The lowest BCUT2D eigenvalue weighted by molar-refractivity contribution is 0.0728. The van der Waals surface area contributed by atoms with Crippen LogP contribution < -0.4 is 14.9 Å². The highest BCUT2D eigenvalue weighted by atomic mass is 79.9. The van der Waals surface area contributed by atoms with Crippen molar-refractivity contribution in [3.63, 3.8) is 0 Å². The molecule has 6 nitrogen and oxygen atoms in total. The monoisotopic (exact) mass is 500 g/mol. The van der Waals surface area contributed by atoms with Crippen LogP contribution in [0.3, 0.4) is 0 Å². The molecular formula is C23H18BrClN2O4. The number of rotatable bonds is 7. The van der Waals surface area contributed by atoms with Crippen molar-refractivity contribution < 1.29 is 19.1 Å². The number of carbonyl (C=O) groups excluding carboxylic acids is 2. The summed E-state index contributed by atoms with van der Waals surface area (Å²) in [5.74, 6) is -0.218. The third-order valence-electron chi connectivity index (χ3n) is 4.05. The topological polar surface area (TPSA) is 77.0 Å². The molecule has 0 radical (unpaired) electrons.